The van der Waals surface area contributed by atoms with Crippen LogP contribution in [0.2, 0.25) is 0 Å². The monoisotopic (exact) mass is 394 g/mol. The second kappa shape index (κ2) is 10.8. The molecule has 1 unspecified atom stereocenters. The van der Waals surface area contributed by atoms with Gasteiger partial charge in [-0.2, -0.15) is 5.26 Å². The highest BCUT2D eigenvalue weighted by Crippen LogP contribution is 2.17. The lowest BCUT2D eigenvalue weighted by Crippen LogP contribution is -2.29. The Labute approximate surface area is 172 Å². The third-order valence-electron chi connectivity index (χ3n) is 4.27. The number of carbonyl (C=O) groups is 1. The number of amides is 1. The summed E-state index contributed by atoms with van der Waals surface area (Å²) < 4.78 is 13.6. The Morgan fingerprint density at radius 2 is 1.97 bits per heavy atom. The molecular formula is C23H27FN4O. The molecule has 0 aromatic carbocycles. The van der Waals surface area contributed by atoms with Gasteiger partial charge in [-0.3, -0.25) is 4.79 Å². The molecule has 0 fully saturated rings. The standard InChI is InChI=1S/C23H27FN4O/c1-15(2)22(28(7)19(6)27-18(5)13-25)12-17(4)23(29)26-14-20-9-8-16(3)21(24)11-10-20/h8-12,20H,1,4-5,14H2,2-3,6-7H3,(H,26,29)/b22-12-,27-19?. The van der Waals surface area contributed by atoms with Gasteiger partial charge in [0.1, 0.15) is 23.4 Å². The number of aliphatic imine (C=N–C) groups is 1. The number of nitrogens with one attached hydrogen (secondary N) is 1. The molecule has 152 valence electrons. The highest BCUT2D eigenvalue weighted by atomic mass is 19.1. The van der Waals surface area contributed by atoms with Crippen LogP contribution >= 0.6 is 0 Å². The van der Waals surface area contributed by atoms with Crippen molar-refractivity contribution < 1.29 is 9.18 Å². The molecular weight excluding hydrogens is 367 g/mol. The molecule has 1 aliphatic rings. The molecule has 0 heterocycles. The SMILES string of the molecule is C=C(C#N)N=C(C)N(C)/C(=C\C(=C)C(=O)NCC1C=CC(C)=C(F)C=C1)C(=C)C. The molecule has 1 atom stereocenters. The first-order valence-electron chi connectivity index (χ1n) is 9.02. The van der Waals surface area contributed by atoms with Gasteiger partial charge in [0.05, 0.1) is 0 Å². The van der Waals surface area contributed by atoms with Crippen molar-refractivity contribution in [2.45, 2.75) is 20.8 Å². The molecule has 29 heavy (non-hydrogen) atoms. The van der Waals surface area contributed by atoms with Crippen molar-refractivity contribution in [2.24, 2.45) is 10.9 Å². The smallest absolute Gasteiger partial charge is 0.250 e. The quantitative estimate of drug-likeness (QED) is 0.227. The summed E-state index contributed by atoms with van der Waals surface area (Å²) in [7, 11) is 1.75. The largest absolute Gasteiger partial charge is 0.351 e. The molecule has 0 saturated carbocycles. The van der Waals surface area contributed by atoms with Crippen molar-refractivity contribution in [3.63, 3.8) is 0 Å². The molecule has 1 amide bonds. The number of amidine groups is 1. The molecule has 1 aliphatic carbocycles. The average molecular weight is 394 g/mol. The van der Waals surface area contributed by atoms with Crippen molar-refractivity contribution in [3.8, 4) is 6.07 Å². The summed E-state index contributed by atoms with van der Waals surface area (Å²) in [6.07, 6.45) is 8.26. The van der Waals surface area contributed by atoms with Crippen molar-refractivity contribution in [2.75, 3.05) is 13.6 Å². The lowest BCUT2D eigenvalue weighted by Gasteiger charge is -2.23. The molecule has 0 saturated heterocycles. The Morgan fingerprint density at radius 1 is 1.34 bits per heavy atom. The van der Waals surface area contributed by atoms with E-state index in [-0.39, 0.29) is 28.9 Å². The Morgan fingerprint density at radius 3 is 2.55 bits per heavy atom. The van der Waals surface area contributed by atoms with Gasteiger partial charge in [0.25, 0.3) is 5.91 Å². The molecule has 0 aliphatic heterocycles. The van der Waals surface area contributed by atoms with Gasteiger partial charge in [-0.05, 0) is 44.1 Å². The van der Waals surface area contributed by atoms with E-state index in [1.165, 1.54) is 6.08 Å². The van der Waals surface area contributed by atoms with E-state index < -0.39 is 0 Å². The zero-order chi connectivity index (χ0) is 22.1. The van der Waals surface area contributed by atoms with Crippen LogP contribution in [0.1, 0.15) is 20.8 Å². The third-order valence-corrected chi connectivity index (χ3v) is 4.27. The van der Waals surface area contributed by atoms with Crippen molar-refractivity contribution in [1.29, 1.82) is 5.26 Å². The number of hydrogen-bond acceptors (Lipinski definition) is 3. The first kappa shape index (κ1) is 23.6. The van der Waals surface area contributed by atoms with Crippen LogP contribution in [0, 0.1) is 17.2 Å². The van der Waals surface area contributed by atoms with Gasteiger partial charge in [0.15, 0.2) is 0 Å². The summed E-state index contributed by atoms with van der Waals surface area (Å²) in [5.41, 5.74) is 2.20. The van der Waals surface area contributed by atoms with Crippen LogP contribution in [0.25, 0.3) is 0 Å². The van der Waals surface area contributed by atoms with Gasteiger partial charge in [-0.15, -0.1) is 0 Å². The van der Waals surface area contributed by atoms with Crippen molar-refractivity contribution in [1.82, 2.24) is 10.2 Å². The van der Waals surface area contributed by atoms with Gasteiger partial charge >= 0.3 is 0 Å². The molecule has 1 rings (SSSR count). The zero-order valence-electron chi connectivity index (χ0n) is 17.4. The molecule has 0 spiro atoms. The van der Waals surface area contributed by atoms with E-state index in [9.17, 15) is 9.18 Å². The van der Waals surface area contributed by atoms with Crippen LogP contribution in [0.15, 0.2) is 89.0 Å². The van der Waals surface area contributed by atoms with E-state index in [1.54, 1.807) is 50.9 Å². The second-order valence-corrected chi connectivity index (χ2v) is 6.73. The van der Waals surface area contributed by atoms with E-state index in [0.717, 1.165) is 0 Å². The maximum atomic E-state index is 13.6. The molecule has 0 aromatic rings. The predicted molar refractivity (Wildman–Crippen MR) is 116 cm³/mol. The van der Waals surface area contributed by atoms with Crippen LogP contribution < -0.4 is 5.32 Å². The number of halogens is 1. The van der Waals surface area contributed by atoms with E-state index in [4.69, 9.17) is 5.26 Å². The fraction of sp³-hybridized carbons (Fsp3) is 0.261. The van der Waals surface area contributed by atoms with Crippen LogP contribution in [0.4, 0.5) is 4.39 Å². The predicted octanol–water partition coefficient (Wildman–Crippen LogP) is 4.49. The van der Waals surface area contributed by atoms with E-state index in [0.29, 0.717) is 29.2 Å². The average Bonchev–Trinajstić information content (AvgIpc) is 2.84. The highest BCUT2D eigenvalue weighted by molar-refractivity contribution is 5.96. The summed E-state index contributed by atoms with van der Waals surface area (Å²) in [5, 5.41) is 11.6. The number of allylic oxidation sites excluding steroid dienone is 6. The first-order chi connectivity index (χ1) is 13.6. The number of carbonyl (C=O) groups excluding carboxylic acids is 1. The fourth-order valence-electron chi connectivity index (χ4n) is 2.42. The maximum Gasteiger partial charge on any atom is 0.250 e. The lowest BCUT2D eigenvalue weighted by atomic mass is 10.1. The molecule has 1 N–H and O–H groups in total. The summed E-state index contributed by atoms with van der Waals surface area (Å²) in [4.78, 5) is 18.3. The minimum absolute atomic E-state index is 0.0812. The molecule has 0 bridgehead atoms. The third kappa shape index (κ3) is 7.23. The first-order valence-corrected chi connectivity index (χ1v) is 9.02. The molecule has 5 nitrogen and oxygen atoms in total. The second-order valence-electron chi connectivity index (χ2n) is 6.73. The topological polar surface area (TPSA) is 68.5 Å². The van der Waals surface area contributed by atoms with Crippen molar-refractivity contribution in [3.05, 3.63) is 84.1 Å². The minimum atomic E-state index is -0.343. The molecule has 0 aromatic heterocycles. The van der Waals surface area contributed by atoms with E-state index in [2.05, 4.69) is 30.0 Å². The number of hydrogen-bond donors (Lipinski definition) is 1. The number of nitrogens with zero attached hydrogens (tertiary/aromatic N) is 3. The fourth-order valence-corrected chi connectivity index (χ4v) is 2.42. The van der Waals surface area contributed by atoms with Crippen LogP contribution in [0.5, 0.6) is 0 Å². The summed E-state index contributed by atoms with van der Waals surface area (Å²) in [5.74, 6) is -0.219. The van der Waals surface area contributed by atoms with Gasteiger partial charge in [0.2, 0.25) is 0 Å². The van der Waals surface area contributed by atoms with E-state index >= 15 is 0 Å². The maximum absolute atomic E-state index is 13.6. The summed E-state index contributed by atoms with van der Waals surface area (Å²) >= 11 is 0. The zero-order valence-corrected chi connectivity index (χ0v) is 17.4. The Bertz CT molecular complexity index is 888. The van der Waals surface area contributed by atoms with E-state index in [1.807, 2.05) is 12.1 Å². The molecule has 0 radical (unpaired) electrons. The van der Waals surface area contributed by atoms with Gasteiger partial charge < -0.3 is 10.2 Å². The Hall–Kier alpha value is -3.46. The normalized spacial score (nSPS) is 16.8. The minimum Gasteiger partial charge on any atom is -0.351 e. The summed E-state index contributed by atoms with van der Waals surface area (Å²) in [6.45, 7) is 16.8. The van der Waals surface area contributed by atoms with Crippen LogP contribution in [-0.2, 0) is 4.79 Å². The molecule has 6 heteroatoms. The van der Waals surface area contributed by atoms with Gasteiger partial charge in [-0.25, -0.2) is 9.38 Å². The Kier molecular flexibility index (Phi) is 8.75. The highest BCUT2D eigenvalue weighted by Gasteiger charge is 2.14. The number of likely N-dealkylation sites (N-methyl/N-ethyl adjacent to an activating group) is 1. The van der Waals surface area contributed by atoms with Crippen LogP contribution in [-0.4, -0.2) is 30.2 Å². The number of nitriles is 1. The van der Waals surface area contributed by atoms with Gasteiger partial charge in [-0.1, -0.05) is 38.0 Å². The lowest BCUT2D eigenvalue weighted by molar-refractivity contribution is -0.117. The number of rotatable bonds is 7. The van der Waals surface area contributed by atoms with Gasteiger partial charge in [0, 0.05) is 30.8 Å². The van der Waals surface area contributed by atoms with Crippen LogP contribution in [0.3, 0.4) is 0 Å². The summed E-state index contributed by atoms with van der Waals surface area (Å²) in [6, 6.07) is 1.87. The Balaban J connectivity index is 2.86. The van der Waals surface area contributed by atoms with Crippen molar-refractivity contribution >= 4 is 11.7 Å².